The van der Waals surface area contributed by atoms with Crippen molar-refractivity contribution >= 4 is 12.4 Å². The number of nitrogens with zero attached hydrogens (tertiary/aromatic N) is 2. The molecule has 4 atom stereocenters. The molecule has 6 heteroatoms. The molecule has 4 unspecified atom stereocenters. The number of hydrogen-bond donors (Lipinski definition) is 1. The summed E-state index contributed by atoms with van der Waals surface area (Å²) >= 11 is 0. The van der Waals surface area contributed by atoms with Gasteiger partial charge in [-0.25, -0.2) is 0 Å². The van der Waals surface area contributed by atoms with E-state index in [1.165, 1.54) is 19.3 Å². The van der Waals surface area contributed by atoms with Crippen molar-refractivity contribution in [3.8, 4) is 11.6 Å². The van der Waals surface area contributed by atoms with Crippen molar-refractivity contribution in [3.63, 3.8) is 0 Å². The molecule has 0 amide bonds. The van der Waals surface area contributed by atoms with Crippen LogP contribution in [0.3, 0.4) is 0 Å². The minimum atomic E-state index is 0. The SMILES string of the molecule is Cl.NC1C2CCC(C2)C1c1nc(-c2ccco2)no1. The van der Waals surface area contributed by atoms with E-state index in [4.69, 9.17) is 14.7 Å². The lowest BCUT2D eigenvalue weighted by Gasteiger charge is -2.24. The van der Waals surface area contributed by atoms with Gasteiger partial charge >= 0.3 is 0 Å². The third kappa shape index (κ3) is 1.88. The van der Waals surface area contributed by atoms with E-state index in [0.29, 0.717) is 29.3 Å². The number of rotatable bonds is 2. The van der Waals surface area contributed by atoms with Crippen LogP contribution in [0.1, 0.15) is 31.1 Å². The topological polar surface area (TPSA) is 78.1 Å². The lowest BCUT2D eigenvalue weighted by atomic mass is 9.85. The Morgan fingerprint density at radius 3 is 2.79 bits per heavy atom. The van der Waals surface area contributed by atoms with Crippen molar-refractivity contribution in [3.05, 3.63) is 24.3 Å². The van der Waals surface area contributed by atoms with Gasteiger partial charge in [0.2, 0.25) is 11.7 Å². The van der Waals surface area contributed by atoms with Crippen LogP contribution in [-0.4, -0.2) is 16.2 Å². The predicted molar refractivity (Wildman–Crippen MR) is 70.8 cm³/mol. The first-order valence-electron chi connectivity index (χ1n) is 6.46. The Bertz CT molecular complexity index is 552. The zero-order valence-electron chi connectivity index (χ0n) is 10.4. The lowest BCUT2D eigenvalue weighted by molar-refractivity contribution is 0.279. The van der Waals surface area contributed by atoms with E-state index in [1.807, 2.05) is 12.1 Å². The van der Waals surface area contributed by atoms with Gasteiger partial charge in [0.05, 0.1) is 12.2 Å². The fraction of sp³-hybridized carbons (Fsp3) is 0.538. The van der Waals surface area contributed by atoms with Crippen molar-refractivity contribution in [1.82, 2.24) is 10.1 Å². The molecule has 0 radical (unpaired) electrons. The first-order chi connectivity index (χ1) is 8.83. The molecule has 19 heavy (non-hydrogen) atoms. The molecule has 0 aliphatic heterocycles. The molecular weight excluding hydrogens is 266 g/mol. The van der Waals surface area contributed by atoms with Crippen LogP contribution in [0.2, 0.25) is 0 Å². The average molecular weight is 282 g/mol. The number of hydrogen-bond acceptors (Lipinski definition) is 5. The molecule has 2 aromatic heterocycles. The van der Waals surface area contributed by atoms with E-state index >= 15 is 0 Å². The first-order valence-corrected chi connectivity index (χ1v) is 6.46. The van der Waals surface area contributed by atoms with Crippen LogP contribution in [0.15, 0.2) is 27.3 Å². The highest BCUT2D eigenvalue weighted by Gasteiger charge is 2.48. The Morgan fingerprint density at radius 2 is 2.11 bits per heavy atom. The average Bonchev–Trinajstić information content (AvgIpc) is 3.13. The maximum atomic E-state index is 6.27. The lowest BCUT2D eigenvalue weighted by Crippen LogP contribution is -2.34. The molecule has 2 aromatic rings. The maximum Gasteiger partial charge on any atom is 0.238 e. The van der Waals surface area contributed by atoms with E-state index in [1.54, 1.807) is 6.26 Å². The van der Waals surface area contributed by atoms with Crippen LogP contribution < -0.4 is 5.73 Å². The summed E-state index contributed by atoms with van der Waals surface area (Å²) in [5, 5.41) is 3.99. The van der Waals surface area contributed by atoms with Gasteiger partial charge in [-0.2, -0.15) is 4.98 Å². The van der Waals surface area contributed by atoms with E-state index in [-0.39, 0.29) is 24.4 Å². The van der Waals surface area contributed by atoms with Crippen LogP contribution >= 0.6 is 12.4 Å². The molecule has 2 N–H and O–H groups in total. The van der Waals surface area contributed by atoms with Gasteiger partial charge in [0, 0.05) is 6.04 Å². The molecule has 0 saturated heterocycles. The predicted octanol–water partition coefficient (Wildman–Crippen LogP) is 2.59. The largest absolute Gasteiger partial charge is 0.461 e. The molecule has 2 aliphatic rings. The Labute approximate surface area is 117 Å². The number of aromatic nitrogens is 2. The zero-order chi connectivity index (χ0) is 12.1. The maximum absolute atomic E-state index is 6.27. The fourth-order valence-electron chi connectivity index (χ4n) is 3.58. The summed E-state index contributed by atoms with van der Waals surface area (Å²) in [5.41, 5.74) is 6.27. The van der Waals surface area contributed by atoms with Gasteiger partial charge in [0.15, 0.2) is 5.76 Å². The third-order valence-corrected chi connectivity index (χ3v) is 4.45. The second kappa shape index (κ2) is 4.65. The summed E-state index contributed by atoms with van der Waals surface area (Å²) in [7, 11) is 0. The second-order valence-electron chi connectivity index (χ2n) is 5.37. The van der Waals surface area contributed by atoms with E-state index in [9.17, 15) is 0 Å². The highest BCUT2D eigenvalue weighted by molar-refractivity contribution is 5.85. The van der Waals surface area contributed by atoms with Gasteiger partial charge in [0.25, 0.3) is 0 Å². The van der Waals surface area contributed by atoms with Crippen molar-refractivity contribution < 1.29 is 8.94 Å². The monoisotopic (exact) mass is 281 g/mol. The Kier molecular flexibility index (Phi) is 3.11. The second-order valence-corrected chi connectivity index (χ2v) is 5.37. The van der Waals surface area contributed by atoms with Crippen LogP contribution in [-0.2, 0) is 0 Å². The molecular formula is C13H16ClN3O2. The van der Waals surface area contributed by atoms with Crippen molar-refractivity contribution in [2.75, 3.05) is 0 Å². The Hall–Kier alpha value is -1.33. The summed E-state index contributed by atoms with van der Waals surface area (Å²) in [6.07, 6.45) is 5.31. The molecule has 5 nitrogen and oxygen atoms in total. The molecule has 2 fully saturated rings. The number of furan rings is 1. The summed E-state index contributed by atoms with van der Waals surface area (Å²) in [6.45, 7) is 0. The minimum Gasteiger partial charge on any atom is -0.461 e. The minimum absolute atomic E-state index is 0. The quantitative estimate of drug-likeness (QED) is 0.915. The molecule has 2 aliphatic carbocycles. The number of halogens is 1. The van der Waals surface area contributed by atoms with Crippen molar-refractivity contribution in [1.29, 1.82) is 0 Å². The third-order valence-electron chi connectivity index (χ3n) is 4.45. The summed E-state index contributed by atoms with van der Waals surface area (Å²) in [4.78, 5) is 4.45. The van der Waals surface area contributed by atoms with Gasteiger partial charge in [-0.05, 0) is 43.2 Å². The van der Waals surface area contributed by atoms with Crippen molar-refractivity contribution in [2.45, 2.75) is 31.2 Å². The summed E-state index contributed by atoms with van der Waals surface area (Å²) in [5.74, 6) is 3.33. The van der Waals surface area contributed by atoms with Gasteiger partial charge < -0.3 is 14.7 Å². The molecule has 4 rings (SSSR count). The van der Waals surface area contributed by atoms with E-state index < -0.39 is 0 Å². The highest BCUT2D eigenvalue weighted by atomic mass is 35.5. The molecule has 0 spiro atoms. The van der Waals surface area contributed by atoms with Crippen molar-refractivity contribution in [2.24, 2.45) is 17.6 Å². The van der Waals surface area contributed by atoms with Gasteiger partial charge in [-0.15, -0.1) is 12.4 Å². The molecule has 0 aromatic carbocycles. The van der Waals surface area contributed by atoms with Crippen LogP contribution in [0.5, 0.6) is 0 Å². The smallest absolute Gasteiger partial charge is 0.238 e. The van der Waals surface area contributed by atoms with Crippen LogP contribution in [0, 0.1) is 11.8 Å². The Morgan fingerprint density at radius 1 is 1.26 bits per heavy atom. The summed E-state index contributed by atoms with van der Waals surface area (Å²) < 4.78 is 10.7. The van der Waals surface area contributed by atoms with E-state index in [0.717, 1.165) is 0 Å². The number of fused-ring (bicyclic) bond motifs is 2. The number of nitrogens with two attached hydrogens (primary N) is 1. The molecule has 2 bridgehead atoms. The van der Waals surface area contributed by atoms with Crippen LogP contribution in [0.25, 0.3) is 11.6 Å². The zero-order valence-corrected chi connectivity index (χ0v) is 11.2. The fourth-order valence-corrected chi connectivity index (χ4v) is 3.58. The van der Waals surface area contributed by atoms with Crippen LogP contribution in [0.4, 0.5) is 0 Å². The van der Waals surface area contributed by atoms with Gasteiger partial charge in [0.1, 0.15) is 0 Å². The van der Waals surface area contributed by atoms with E-state index in [2.05, 4.69) is 10.1 Å². The molecule has 102 valence electrons. The first kappa shape index (κ1) is 12.7. The molecule has 2 heterocycles. The van der Waals surface area contributed by atoms with Gasteiger partial charge in [-0.1, -0.05) is 5.16 Å². The normalized spacial score (nSPS) is 32.5. The standard InChI is InChI=1S/C13H15N3O2.ClH/c14-11-8-4-3-7(6-8)10(11)13-15-12(16-18-13)9-2-1-5-17-9;/h1-2,5,7-8,10-11H,3-4,6,14H2;1H. The molecule has 2 saturated carbocycles. The van der Waals surface area contributed by atoms with Gasteiger partial charge in [-0.3, -0.25) is 0 Å². The summed E-state index contributed by atoms with van der Waals surface area (Å²) in [6, 6.07) is 3.82. The highest BCUT2D eigenvalue weighted by Crippen LogP contribution is 2.51. The Balaban J connectivity index is 0.00000110.